The van der Waals surface area contributed by atoms with E-state index in [1.165, 1.54) is 12.0 Å². The number of carbonyl (C=O) groups excluding carboxylic acids is 1. The van der Waals surface area contributed by atoms with Gasteiger partial charge in [0.1, 0.15) is 11.4 Å². The molecule has 1 amide bonds. The molecule has 0 bridgehead atoms. The third kappa shape index (κ3) is 3.33. The van der Waals surface area contributed by atoms with Crippen LogP contribution in [0.2, 0.25) is 0 Å². The summed E-state index contributed by atoms with van der Waals surface area (Å²) in [6.45, 7) is 6.36. The van der Waals surface area contributed by atoms with Gasteiger partial charge in [0, 0.05) is 30.6 Å². The maximum Gasteiger partial charge on any atom is 0.414 e. The van der Waals surface area contributed by atoms with Crippen LogP contribution in [0.4, 0.5) is 10.5 Å². The molecule has 0 saturated carbocycles. The minimum Gasteiger partial charge on any atom is -0.483 e. The van der Waals surface area contributed by atoms with Gasteiger partial charge in [0.2, 0.25) is 0 Å². The summed E-state index contributed by atoms with van der Waals surface area (Å²) in [5.74, 6) is 0.634. The Bertz CT molecular complexity index is 1560. The lowest BCUT2D eigenvalue weighted by Gasteiger charge is -2.31. The predicted octanol–water partition coefficient (Wildman–Crippen LogP) is 6.01. The lowest BCUT2D eigenvalue weighted by atomic mass is 9.96. The molecule has 0 radical (unpaired) electrons. The van der Waals surface area contributed by atoms with Crippen LogP contribution >= 0.6 is 0 Å². The zero-order chi connectivity index (χ0) is 24.2. The molecule has 34 heavy (non-hydrogen) atoms. The zero-order valence-electron chi connectivity index (χ0n) is 20.1. The number of benzene rings is 3. The number of carbonyl (C=O) groups is 1. The monoisotopic (exact) mass is 456 g/mol. The Hall–Kier alpha value is -3.80. The second kappa shape index (κ2) is 7.90. The number of fused-ring (bicyclic) bond motifs is 5. The largest absolute Gasteiger partial charge is 0.483 e. The van der Waals surface area contributed by atoms with Gasteiger partial charge in [-0.05, 0) is 55.3 Å². The third-order valence-corrected chi connectivity index (χ3v) is 6.47. The van der Waals surface area contributed by atoms with Crippen molar-refractivity contribution in [3.8, 4) is 5.75 Å². The number of hydrogen-bond donors (Lipinski definition) is 0. The summed E-state index contributed by atoms with van der Waals surface area (Å²) in [6.07, 6.45) is 4.21. The van der Waals surface area contributed by atoms with Crippen LogP contribution in [0, 0.1) is 0 Å². The van der Waals surface area contributed by atoms with Gasteiger partial charge in [-0.2, -0.15) is 0 Å². The summed E-state index contributed by atoms with van der Waals surface area (Å²) >= 11 is 0. The van der Waals surface area contributed by atoms with Crippen molar-refractivity contribution < 1.29 is 14.3 Å². The zero-order valence-corrected chi connectivity index (χ0v) is 20.1. The standard InChI is InChI=1S/C28H28N2O4/c1-6-13-30(27(32)33-5)22-16-23-19(11-12-28(2,3)34-23)25-24(22)26(31)20-14-17-9-7-8-10-18(17)15-21(20)29(25)4/h7-12,14-16H,6,13H2,1-5H3. The molecule has 5 rings (SSSR count). The first-order chi connectivity index (χ1) is 16.3. The topological polar surface area (TPSA) is 60.8 Å². The van der Waals surface area contributed by atoms with Crippen molar-refractivity contribution in [1.29, 1.82) is 0 Å². The highest BCUT2D eigenvalue weighted by Crippen LogP contribution is 2.41. The van der Waals surface area contributed by atoms with Crippen LogP contribution in [-0.4, -0.2) is 29.9 Å². The highest BCUT2D eigenvalue weighted by Gasteiger charge is 2.29. The van der Waals surface area contributed by atoms with Crippen molar-refractivity contribution in [3.05, 3.63) is 64.3 Å². The van der Waals surface area contributed by atoms with Gasteiger partial charge >= 0.3 is 6.09 Å². The fourth-order valence-electron chi connectivity index (χ4n) is 4.87. The number of rotatable bonds is 3. The molecule has 3 aromatic carbocycles. The van der Waals surface area contributed by atoms with Gasteiger partial charge in [0.05, 0.1) is 29.2 Å². The van der Waals surface area contributed by atoms with Crippen LogP contribution in [0.1, 0.15) is 32.8 Å². The Labute approximate surface area is 198 Å². The molecule has 0 N–H and O–H groups in total. The van der Waals surface area contributed by atoms with Crippen molar-refractivity contribution in [1.82, 2.24) is 4.57 Å². The first kappa shape index (κ1) is 22.0. The quantitative estimate of drug-likeness (QED) is 0.354. The fraction of sp³-hybridized carbons (Fsp3) is 0.286. The molecule has 0 aliphatic carbocycles. The SMILES string of the molecule is CCCN(C(=O)OC)c1cc2c(c3c1c(=O)c1cc4ccccc4cc1n3C)C=CC(C)(C)O2. The normalized spacial score (nSPS) is 14.3. The number of ether oxygens (including phenoxy) is 2. The van der Waals surface area contributed by atoms with E-state index in [4.69, 9.17) is 9.47 Å². The van der Waals surface area contributed by atoms with Crippen molar-refractivity contribution >= 4 is 50.4 Å². The molecule has 1 aromatic heterocycles. The molecule has 1 aliphatic rings. The number of nitrogens with zero attached hydrogens (tertiary/aromatic N) is 2. The maximum absolute atomic E-state index is 14.1. The summed E-state index contributed by atoms with van der Waals surface area (Å²) in [5, 5.41) is 3.15. The lowest BCUT2D eigenvalue weighted by molar-refractivity contribution is 0.159. The second-order valence-corrected chi connectivity index (χ2v) is 9.30. The summed E-state index contributed by atoms with van der Waals surface area (Å²) < 4.78 is 13.4. The van der Waals surface area contributed by atoms with E-state index >= 15 is 0 Å². The van der Waals surface area contributed by atoms with E-state index in [-0.39, 0.29) is 5.43 Å². The van der Waals surface area contributed by atoms with Gasteiger partial charge in [-0.1, -0.05) is 31.2 Å². The van der Waals surface area contributed by atoms with E-state index in [1.54, 1.807) is 0 Å². The number of aromatic nitrogens is 1. The van der Waals surface area contributed by atoms with E-state index in [0.717, 1.165) is 27.4 Å². The summed E-state index contributed by atoms with van der Waals surface area (Å²) in [4.78, 5) is 28.4. The summed E-state index contributed by atoms with van der Waals surface area (Å²) in [7, 11) is 3.31. The van der Waals surface area contributed by atoms with E-state index in [9.17, 15) is 9.59 Å². The molecule has 0 atom stereocenters. The predicted molar refractivity (Wildman–Crippen MR) is 138 cm³/mol. The highest BCUT2D eigenvalue weighted by molar-refractivity contribution is 6.10. The molecular formula is C28H28N2O4. The molecule has 0 saturated heterocycles. The van der Waals surface area contributed by atoms with Crippen LogP contribution in [0.15, 0.2) is 53.3 Å². The van der Waals surface area contributed by atoms with Crippen molar-refractivity contribution in [2.75, 3.05) is 18.6 Å². The van der Waals surface area contributed by atoms with Crippen LogP contribution in [0.25, 0.3) is 38.7 Å². The van der Waals surface area contributed by atoms with Gasteiger partial charge in [-0.25, -0.2) is 4.79 Å². The van der Waals surface area contributed by atoms with Gasteiger partial charge in [0.15, 0.2) is 5.43 Å². The maximum atomic E-state index is 14.1. The van der Waals surface area contributed by atoms with Crippen LogP contribution in [0.5, 0.6) is 5.75 Å². The van der Waals surface area contributed by atoms with Crippen molar-refractivity contribution in [2.45, 2.75) is 32.8 Å². The van der Waals surface area contributed by atoms with E-state index in [2.05, 4.69) is 0 Å². The Morgan fingerprint density at radius 1 is 1.15 bits per heavy atom. The van der Waals surface area contributed by atoms with Crippen LogP contribution in [-0.2, 0) is 11.8 Å². The van der Waals surface area contributed by atoms with Gasteiger partial charge < -0.3 is 14.0 Å². The minimum atomic E-state index is -0.509. The first-order valence-electron chi connectivity index (χ1n) is 11.5. The molecule has 6 nitrogen and oxygen atoms in total. The van der Waals surface area contributed by atoms with Gasteiger partial charge in [-0.3, -0.25) is 9.69 Å². The average Bonchev–Trinajstić information content (AvgIpc) is 2.82. The molecule has 174 valence electrons. The number of aryl methyl sites for hydroxylation is 1. The van der Waals surface area contributed by atoms with Crippen LogP contribution in [0.3, 0.4) is 0 Å². The molecule has 0 spiro atoms. The highest BCUT2D eigenvalue weighted by atomic mass is 16.5. The van der Waals surface area contributed by atoms with Crippen LogP contribution < -0.4 is 15.1 Å². The summed E-state index contributed by atoms with van der Waals surface area (Å²) in [5.41, 5.74) is 2.27. The summed E-state index contributed by atoms with van der Waals surface area (Å²) in [6, 6.07) is 13.8. The smallest absolute Gasteiger partial charge is 0.414 e. The minimum absolute atomic E-state index is 0.116. The molecule has 2 heterocycles. The van der Waals surface area contributed by atoms with E-state index < -0.39 is 11.7 Å². The third-order valence-electron chi connectivity index (χ3n) is 6.47. The van der Waals surface area contributed by atoms with Gasteiger partial charge in [0.25, 0.3) is 0 Å². The van der Waals surface area contributed by atoms with E-state index in [1.807, 2.05) is 87.0 Å². The number of hydrogen-bond acceptors (Lipinski definition) is 4. The number of anilines is 1. The van der Waals surface area contributed by atoms with Gasteiger partial charge in [-0.15, -0.1) is 0 Å². The Kier molecular flexibility index (Phi) is 5.12. The number of methoxy groups -OCH3 is 1. The lowest BCUT2D eigenvalue weighted by Crippen LogP contribution is -2.33. The number of pyridine rings is 1. The van der Waals surface area contributed by atoms with Crippen molar-refractivity contribution in [3.63, 3.8) is 0 Å². The fourth-order valence-corrected chi connectivity index (χ4v) is 4.87. The Morgan fingerprint density at radius 3 is 2.53 bits per heavy atom. The van der Waals surface area contributed by atoms with Crippen molar-refractivity contribution in [2.24, 2.45) is 7.05 Å². The Balaban J connectivity index is 1.99. The van der Waals surface area contributed by atoms with E-state index in [0.29, 0.717) is 35.2 Å². The average molecular weight is 457 g/mol. The Morgan fingerprint density at radius 2 is 1.85 bits per heavy atom. The molecule has 1 aliphatic heterocycles. The first-order valence-corrected chi connectivity index (χ1v) is 11.5. The molecular weight excluding hydrogens is 428 g/mol. The molecule has 0 unspecified atom stereocenters. The molecule has 4 aromatic rings. The second-order valence-electron chi connectivity index (χ2n) is 9.30. The molecule has 6 heteroatoms. The molecule has 0 fully saturated rings. The number of amides is 1.